The zero-order valence-electron chi connectivity index (χ0n) is 7.69. The van der Waals surface area contributed by atoms with Crippen LogP contribution in [0.4, 0.5) is 10.5 Å². The van der Waals surface area contributed by atoms with Gasteiger partial charge in [0.2, 0.25) is 0 Å². The molecule has 0 aromatic heterocycles. The third-order valence-corrected chi connectivity index (χ3v) is 0.800. The number of nitrogens with two attached hydrogens (primary N) is 1. The molecule has 1 aromatic carbocycles. The molecule has 0 amide bonds. The van der Waals surface area contributed by atoms with Gasteiger partial charge in [0.25, 0.3) is 0 Å². The van der Waals surface area contributed by atoms with Crippen LogP contribution in [0.3, 0.4) is 0 Å². The first-order valence-corrected chi connectivity index (χ1v) is 2.81. The molecule has 0 atom stereocenters. The molecule has 0 saturated heterocycles. The minimum Gasteiger partial charge on any atom is -0.652 e. The van der Waals surface area contributed by atoms with Gasteiger partial charge < -0.3 is 20.7 Å². The van der Waals surface area contributed by atoms with Gasteiger partial charge >= 0.3 is 103 Å². The zero-order valence-corrected chi connectivity index (χ0v) is 13.9. The molecule has 13 heavy (non-hydrogen) atoms. The maximum absolute atomic E-state index is 8.33. The molecule has 0 heterocycles. The van der Waals surface area contributed by atoms with Gasteiger partial charge in [0.05, 0.1) is 0 Å². The molecule has 0 aliphatic carbocycles. The van der Waals surface area contributed by atoms with Crippen molar-refractivity contribution in [3.8, 4) is 0 Å². The summed E-state index contributed by atoms with van der Waals surface area (Å²) < 4.78 is 0. The van der Waals surface area contributed by atoms with Crippen LogP contribution in [0, 0.1) is 0 Å². The number of carbonyl (C=O) groups is 1. The predicted octanol–water partition coefficient (Wildman–Crippen LogP) is -7.17. The third kappa shape index (κ3) is 19.8. The van der Waals surface area contributed by atoms with Gasteiger partial charge in [0.1, 0.15) is 0 Å². The average molecular weight is 231 g/mol. The summed E-state index contributed by atoms with van der Waals surface area (Å²) in [5, 5.41) is 16.7. The Hall–Kier alpha value is 1.56. The van der Waals surface area contributed by atoms with Gasteiger partial charge in [-0.3, -0.25) is 0 Å². The fourth-order valence-electron chi connectivity index (χ4n) is 0.453. The molecule has 0 bridgehead atoms. The van der Waals surface area contributed by atoms with Crippen molar-refractivity contribution < 1.29 is 118 Å². The maximum Gasteiger partial charge on any atom is 1.00 e. The molecule has 1 rings (SSSR count). The van der Waals surface area contributed by atoms with Gasteiger partial charge in [-0.05, 0) is 18.3 Å². The predicted molar refractivity (Wildman–Crippen MR) is 36.3 cm³/mol. The van der Waals surface area contributed by atoms with Gasteiger partial charge in [-0.15, -0.1) is 0 Å². The van der Waals surface area contributed by atoms with Gasteiger partial charge in [0.15, 0.2) is 0 Å². The Bertz CT molecular complexity index is 214. The molecular weight excluding hydrogens is 224 g/mol. The Morgan fingerprint density at radius 3 is 1.54 bits per heavy atom. The van der Waals surface area contributed by atoms with Crippen molar-refractivity contribution in [1.29, 1.82) is 0 Å². The number of anilines is 1. The van der Waals surface area contributed by atoms with E-state index < -0.39 is 6.16 Å². The second kappa shape index (κ2) is 13.6. The van der Waals surface area contributed by atoms with Crippen molar-refractivity contribution in [3.05, 3.63) is 30.3 Å². The van der Waals surface area contributed by atoms with Crippen molar-refractivity contribution in [2.75, 3.05) is 5.73 Å². The van der Waals surface area contributed by atoms with E-state index in [1.807, 2.05) is 30.3 Å². The van der Waals surface area contributed by atoms with E-state index in [1.54, 1.807) is 0 Å². The zero-order chi connectivity index (χ0) is 8.69. The van der Waals surface area contributed by atoms with Gasteiger partial charge in [-0.1, -0.05) is 18.2 Å². The van der Waals surface area contributed by atoms with E-state index in [0.29, 0.717) is 0 Å². The largest absolute Gasteiger partial charge is 1.00 e. The summed E-state index contributed by atoms with van der Waals surface area (Å²) in [7, 11) is 0. The van der Waals surface area contributed by atoms with Crippen molar-refractivity contribution in [2.45, 2.75) is 0 Å². The Morgan fingerprint density at radius 2 is 1.38 bits per heavy atom. The summed E-state index contributed by atoms with van der Waals surface area (Å²) in [5.74, 6) is 0. The Kier molecular flexibility index (Phi) is 20.9. The first-order valence-electron chi connectivity index (χ1n) is 2.81. The van der Waals surface area contributed by atoms with Gasteiger partial charge in [-0.2, -0.15) is 0 Å². The minimum atomic E-state index is -2.33. The van der Waals surface area contributed by atoms with Crippen LogP contribution in [0.1, 0.15) is 0 Å². The molecule has 0 fully saturated rings. The number of para-hydroxylation sites is 1. The van der Waals surface area contributed by atoms with E-state index in [1.165, 1.54) is 0 Å². The first-order chi connectivity index (χ1) is 5.13. The standard InChI is InChI=1S/C6H7N.CH2O3.2K/c7-6-4-2-1-3-5-6;2-1(3)4;;/h1-5H,7H2;(H2,2,3,4);;/q;;2*+1/p-2. The molecule has 4 nitrogen and oxygen atoms in total. The van der Waals surface area contributed by atoms with Crippen LogP contribution in [0.25, 0.3) is 0 Å². The molecule has 0 spiro atoms. The molecule has 1 aromatic rings. The maximum atomic E-state index is 8.33. The Morgan fingerprint density at radius 1 is 1.08 bits per heavy atom. The summed E-state index contributed by atoms with van der Waals surface area (Å²) in [6, 6.07) is 9.49. The fourth-order valence-corrected chi connectivity index (χ4v) is 0.453. The third-order valence-electron chi connectivity index (χ3n) is 0.800. The van der Waals surface area contributed by atoms with Crippen LogP contribution in [0.5, 0.6) is 0 Å². The van der Waals surface area contributed by atoms with E-state index in [9.17, 15) is 0 Å². The van der Waals surface area contributed by atoms with E-state index in [0.717, 1.165) is 5.69 Å². The van der Waals surface area contributed by atoms with E-state index in [4.69, 9.17) is 20.7 Å². The number of carbonyl (C=O) groups excluding carboxylic acids is 1. The van der Waals surface area contributed by atoms with Crippen LogP contribution in [-0.4, -0.2) is 6.16 Å². The van der Waals surface area contributed by atoms with Crippen LogP contribution < -0.4 is 119 Å². The van der Waals surface area contributed by atoms with E-state index >= 15 is 0 Å². The van der Waals surface area contributed by atoms with E-state index in [2.05, 4.69) is 0 Å². The second-order valence-electron chi connectivity index (χ2n) is 1.66. The number of hydrogen-bond acceptors (Lipinski definition) is 4. The fraction of sp³-hybridized carbons (Fsp3) is 0. The molecule has 0 aliphatic heterocycles. The van der Waals surface area contributed by atoms with Gasteiger partial charge in [0, 0.05) is 5.69 Å². The van der Waals surface area contributed by atoms with Crippen molar-refractivity contribution in [2.24, 2.45) is 0 Å². The number of nitrogen functional groups attached to an aromatic ring is 1. The van der Waals surface area contributed by atoms with Crippen LogP contribution in [0.2, 0.25) is 0 Å². The Labute approximate surface area is 162 Å². The molecule has 2 N–H and O–H groups in total. The van der Waals surface area contributed by atoms with Crippen molar-refractivity contribution in [1.82, 2.24) is 0 Å². The summed E-state index contributed by atoms with van der Waals surface area (Å²) >= 11 is 0. The number of rotatable bonds is 0. The van der Waals surface area contributed by atoms with Crippen LogP contribution in [0.15, 0.2) is 30.3 Å². The summed E-state index contributed by atoms with van der Waals surface area (Å²) in [5.41, 5.74) is 6.18. The summed E-state index contributed by atoms with van der Waals surface area (Å²) in [6.07, 6.45) is -2.33. The van der Waals surface area contributed by atoms with Gasteiger partial charge in [-0.25, -0.2) is 0 Å². The number of benzene rings is 1. The number of hydrogen-bond donors (Lipinski definition) is 1. The van der Waals surface area contributed by atoms with E-state index in [-0.39, 0.29) is 103 Å². The summed E-state index contributed by atoms with van der Waals surface area (Å²) in [6.45, 7) is 0. The SMILES string of the molecule is Nc1ccccc1.O=C([O-])[O-].[K+].[K+]. The molecular formula is C7H7K2NO3. The topological polar surface area (TPSA) is 89.2 Å². The smallest absolute Gasteiger partial charge is 0.652 e. The van der Waals surface area contributed by atoms with Crippen LogP contribution in [-0.2, 0) is 0 Å². The average Bonchev–Trinajstić information content (AvgIpc) is 1.87. The molecule has 6 heteroatoms. The molecule has 60 valence electrons. The quantitative estimate of drug-likeness (QED) is 0.355. The molecule has 0 unspecified atom stereocenters. The minimum absolute atomic E-state index is 0. The summed E-state index contributed by atoms with van der Waals surface area (Å²) in [4.78, 5) is 8.33. The Balaban J connectivity index is -0.000000150. The van der Waals surface area contributed by atoms with Crippen molar-refractivity contribution >= 4 is 11.8 Å². The molecule has 0 saturated carbocycles. The monoisotopic (exact) mass is 231 g/mol. The van der Waals surface area contributed by atoms with Crippen molar-refractivity contribution in [3.63, 3.8) is 0 Å². The molecule has 0 aliphatic rings. The first kappa shape index (κ1) is 20.0. The normalized spacial score (nSPS) is 6.46. The molecule has 0 radical (unpaired) electrons. The number of carboxylic acid groups (broad SMARTS) is 2. The second-order valence-corrected chi connectivity index (χ2v) is 1.66. The van der Waals surface area contributed by atoms with Crippen LogP contribution >= 0.6 is 0 Å².